The molecule has 28 heavy (non-hydrogen) atoms. The third-order valence-corrected chi connectivity index (χ3v) is 5.47. The summed E-state index contributed by atoms with van der Waals surface area (Å²) in [7, 11) is 0. The van der Waals surface area contributed by atoms with Crippen molar-refractivity contribution in [3.8, 4) is 5.75 Å². The Labute approximate surface area is 170 Å². The van der Waals surface area contributed by atoms with Crippen LogP contribution >= 0.6 is 11.9 Å². The van der Waals surface area contributed by atoms with Gasteiger partial charge in [0.1, 0.15) is 12.4 Å². The molecule has 0 bridgehead atoms. The number of aromatic nitrogens is 1. The van der Waals surface area contributed by atoms with E-state index in [0.717, 1.165) is 35.3 Å². The normalized spacial score (nSPS) is 13.3. The van der Waals surface area contributed by atoms with Gasteiger partial charge in [-0.1, -0.05) is 25.0 Å². The maximum atomic E-state index is 5.79. The van der Waals surface area contributed by atoms with E-state index in [1.54, 1.807) is 18.1 Å². The summed E-state index contributed by atoms with van der Waals surface area (Å²) in [6, 6.07) is 22.3. The second-order valence-electron chi connectivity index (χ2n) is 7.02. The highest BCUT2D eigenvalue weighted by atomic mass is 32.2. The number of rotatable bonds is 10. The molecule has 1 aliphatic rings. The van der Waals surface area contributed by atoms with Gasteiger partial charge in [-0.2, -0.15) is 0 Å². The van der Waals surface area contributed by atoms with Crippen molar-refractivity contribution in [3.05, 3.63) is 78.6 Å². The van der Waals surface area contributed by atoms with Crippen LogP contribution in [-0.4, -0.2) is 11.5 Å². The monoisotopic (exact) mass is 391 g/mol. The summed E-state index contributed by atoms with van der Waals surface area (Å²) >= 11 is 1.71. The van der Waals surface area contributed by atoms with Gasteiger partial charge in [-0.25, -0.2) is 0 Å². The molecule has 4 nitrogen and oxygen atoms in total. The first kappa shape index (κ1) is 18.8. The summed E-state index contributed by atoms with van der Waals surface area (Å²) in [4.78, 5) is 5.49. The van der Waals surface area contributed by atoms with Crippen LogP contribution < -0.4 is 14.8 Å². The molecular weight excluding hydrogens is 366 g/mol. The molecule has 0 atom stereocenters. The molecule has 1 fully saturated rings. The van der Waals surface area contributed by atoms with Crippen LogP contribution in [0.3, 0.4) is 0 Å². The van der Waals surface area contributed by atoms with Gasteiger partial charge in [0.15, 0.2) is 0 Å². The van der Waals surface area contributed by atoms with Crippen molar-refractivity contribution in [2.45, 2.75) is 30.8 Å². The Morgan fingerprint density at radius 3 is 2.64 bits per heavy atom. The molecule has 5 heteroatoms. The highest BCUT2D eigenvalue weighted by molar-refractivity contribution is 7.97. The Hall–Kier alpha value is -2.50. The van der Waals surface area contributed by atoms with Gasteiger partial charge in [0.25, 0.3) is 0 Å². The smallest absolute Gasteiger partial charge is 0.130 e. The van der Waals surface area contributed by atoms with Crippen molar-refractivity contribution in [2.75, 3.05) is 11.9 Å². The topological polar surface area (TPSA) is 46.2 Å². The molecule has 1 aliphatic carbocycles. The van der Waals surface area contributed by atoms with Gasteiger partial charge in [0, 0.05) is 29.0 Å². The van der Waals surface area contributed by atoms with E-state index in [1.807, 2.05) is 42.5 Å². The Bertz CT molecular complexity index is 867. The number of benzene rings is 2. The zero-order chi connectivity index (χ0) is 19.0. The number of anilines is 2. The number of hydrogen-bond acceptors (Lipinski definition) is 5. The Balaban J connectivity index is 1.26. The molecule has 0 unspecified atom stereocenters. The summed E-state index contributed by atoms with van der Waals surface area (Å²) in [6.45, 7) is 1.55. The maximum Gasteiger partial charge on any atom is 0.130 e. The average molecular weight is 392 g/mol. The lowest BCUT2D eigenvalue weighted by atomic mass is 10.2. The molecule has 0 amide bonds. The highest BCUT2D eigenvalue weighted by Crippen LogP contribution is 2.32. The molecular formula is C23H25N3OS. The SMILES string of the molecule is c1ccc(COc2ccc(Nc3cccc(SNCCC4CC4)c3)cc2)nc1. The van der Waals surface area contributed by atoms with Gasteiger partial charge >= 0.3 is 0 Å². The minimum atomic E-state index is 0.473. The quantitative estimate of drug-likeness (QED) is 0.338. The van der Waals surface area contributed by atoms with Crippen LogP contribution in [0.5, 0.6) is 5.75 Å². The van der Waals surface area contributed by atoms with Gasteiger partial charge in [-0.15, -0.1) is 0 Å². The lowest BCUT2D eigenvalue weighted by Crippen LogP contribution is -2.05. The Morgan fingerprint density at radius 2 is 1.86 bits per heavy atom. The highest BCUT2D eigenvalue weighted by Gasteiger charge is 2.19. The first-order valence-electron chi connectivity index (χ1n) is 9.75. The molecule has 4 rings (SSSR count). The molecule has 144 valence electrons. The zero-order valence-corrected chi connectivity index (χ0v) is 16.6. The van der Waals surface area contributed by atoms with Crippen LogP contribution in [0.25, 0.3) is 0 Å². The first-order valence-corrected chi connectivity index (χ1v) is 10.6. The van der Waals surface area contributed by atoms with Crippen LogP contribution in [0.1, 0.15) is 25.0 Å². The molecule has 2 N–H and O–H groups in total. The fraction of sp³-hybridized carbons (Fsp3) is 0.261. The standard InChI is InChI=1S/C23H25N3OS/c1-2-14-24-21(4-1)17-27-22-11-9-19(10-12-22)26-20-5-3-6-23(16-20)28-25-15-13-18-7-8-18/h1-6,9-12,14,16,18,25-26H,7-8,13,15,17H2. The van der Waals surface area contributed by atoms with Crippen molar-refractivity contribution in [2.24, 2.45) is 5.92 Å². The molecule has 0 aliphatic heterocycles. The van der Waals surface area contributed by atoms with E-state index in [-0.39, 0.29) is 0 Å². The van der Waals surface area contributed by atoms with Crippen LogP contribution in [0.15, 0.2) is 77.8 Å². The lowest BCUT2D eigenvalue weighted by Gasteiger charge is -2.10. The predicted octanol–water partition coefficient (Wildman–Crippen LogP) is 5.80. The number of pyridine rings is 1. The van der Waals surface area contributed by atoms with Gasteiger partial charge in [0.2, 0.25) is 0 Å². The minimum Gasteiger partial charge on any atom is -0.487 e. The molecule has 1 aromatic heterocycles. The van der Waals surface area contributed by atoms with Gasteiger partial charge in [0.05, 0.1) is 5.69 Å². The van der Waals surface area contributed by atoms with Gasteiger partial charge in [-0.3, -0.25) is 9.71 Å². The van der Waals surface area contributed by atoms with E-state index in [4.69, 9.17) is 4.74 Å². The van der Waals surface area contributed by atoms with Gasteiger partial charge in [-0.05, 0) is 78.9 Å². The van der Waals surface area contributed by atoms with E-state index < -0.39 is 0 Å². The lowest BCUT2D eigenvalue weighted by molar-refractivity contribution is 0.301. The fourth-order valence-electron chi connectivity index (χ4n) is 2.88. The van der Waals surface area contributed by atoms with Crippen molar-refractivity contribution >= 4 is 23.3 Å². The number of nitrogens with one attached hydrogen (secondary N) is 2. The molecule has 0 radical (unpaired) electrons. The van der Waals surface area contributed by atoms with Crippen LogP contribution in [-0.2, 0) is 6.61 Å². The van der Waals surface area contributed by atoms with E-state index in [9.17, 15) is 0 Å². The summed E-state index contributed by atoms with van der Waals surface area (Å²) in [5.41, 5.74) is 3.04. The van der Waals surface area contributed by atoms with Crippen molar-refractivity contribution < 1.29 is 4.74 Å². The third-order valence-electron chi connectivity index (χ3n) is 4.63. The molecule has 3 aromatic rings. The maximum absolute atomic E-state index is 5.79. The van der Waals surface area contributed by atoms with Gasteiger partial charge < -0.3 is 10.1 Å². The average Bonchev–Trinajstić information content (AvgIpc) is 3.56. The Morgan fingerprint density at radius 1 is 0.964 bits per heavy atom. The summed E-state index contributed by atoms with van der Waals surface area (Å²) in [5.74, 6) is 1.80. The van der Waals surface area contributed by atoms with Crippen LogP contribution in [0.2, 0.25) is 0 Å². The molecule has 2 aromatic carbocycles. The van der Waals surface area contributed by atoms with E-state index >= 15 is 0 Å². The number of nitrogens with zero attached hydrogens (tertiary/aromatic N) is 1. The van der Waals surface area contributed by atoms with E-state index in [1.165, 1.54) is 24.2 Å². The molecule has 1 saturated carbocycles. The van der Waals surface area contributed by atoms with Crippen molar-refractivity contribution in [3.63, 3.8) is 0 Å². The molecule has 1 heterocycles. The summed E-state index contributed by atoms with van der Waals surface area (Å²) in [5, 5.41) is 3.45. The Kier molecular flexibility index (Phi) is 6.48. The zero-order valence-electron chi connectivity index (χ0n) is 15.8. The number of hydrogen-bond donors (Lipinski definition) is 2. The summed E-state index contributed by atoms with van der Waals surface area (Å²) < 4.78 is 9.26. The second-order valence-corrected chi connectivity index (χ2v) is 7.98. The largest absolute Gasteiger partial charge is 0.487 e. The van der Waals surface area contributed by atoms with E-state index in [0.29, 0.717) is 6.61 Å². The van der Waals surface area contributed by atoms with Crippen molar-refractivity contribution in [1.82, 2.24) is 9.71 Å². The fourth-order valence-corrected chi connectivity index (χ4v) is 3.60. The predicted molar refractivity (Wildman–Crippen MR) is 116 cm³/mol. The van der Waals surface area contributed by atoms with Crippen molar-refractivity contribution in [1.29, 1.82) is 0 Å². The minimum absolute atomic E-state index is 0.473. The number of ether oxygens (including phenoxy) is 1. The van der Waals surface area contributed by atoms with Crippen LogP contribution in [0.4, 0.5) is 11.4 Å². The van der Waals surface area contributed by atoms with Crippen LogP contribution in [0, 0.1) is 5.92 Å². The first-order chi connectivity index (χ1) is 13.8. The third kappa shape index (κ3) is 6.01. The molecule has 0 saturated heterocycles. The second kappa shape index (κ2) is 9.62. The summed E-state index contributed by atoms with van der Waals surface area (Å²) in [6.07, 6.45) is 5.90. The molecule has 0 spiro atoms. The van der Waals surface area contributed by atoms with E-state index in [2.05, 4.69) is 39.3 Å².